The molecule has 0 N–H and O–H groups in total. The minimum absolute atomic E-state index is 0. The van der Waals surface area contributed by atoms with Crippen molar-refractivity contribution in [3.63, 3.8) is 0 Å². The van der Waals surface area contributed by atoms with Crippen molar-refractivity contribution in [1.29, 1.82) is 0 Å². The Kier molecular flexibility index (Phi) is 19.4. The normalized spacial score (nSPS) is 12.6. The largest absolute Gasteiger partial charge is 1.00 e. The monoisotopic (exact) mass is 622 g/mol. The molecule has 0 bridgehead atoms. The number of rotatable bonds is 1. The van der Waals surface area contributed by atoms with Crippen LogP contribution in [0, 0.1) is 17.5 Å². The topological polar surface area (TPSA) is 41.5 Å². The van der Waals surface area contributed by atoms with Gasteiger partial charge in [-0.05, 0) is 89.7 Å². The fourth-order valence-electron chi connectivity index (χ4n) is 1.87. The second-order valence-electron chi connectivity index (χ2n) is 8.78. The SMILES string of the molecule is C1CCOC1.CC(C)(C)Oc1cc(F)ccc1Br.CC(C)(C)[O-].Fc1ccc(Br)c(F)c1.[K+]. The van der Waals surface area contributed by atoms with E-state index in [9.17, 15) is 18.3 Å². The maximum atomic E-state index is 12.8. The minimum Gasteiger partial charge on any atom is -0.850 e. The van der Waals surface area contributed by atoms with Crippen LogP contribution < -0.4 is 61.2 Å². The molecule has 3 nitrogen and oxygen atoms in total. The Morgan fingerprint density at radius 2 is 1.24 bits per heavy atom. The van der Waals surface area contributed by atoms with Crippen LogP contribution in [0.1, 0.15) is 54.4 Å². The van der Waals surface area contributed by atoms with Crippen LogP contribution in [0.4, 0.5) is 13.2 Å². The van der Waals surface area contributed by atoms with Gasteiger partial charge in [-0.1, -0.05) is 20.8 Å². The molecular formula is C24H32Br2F3KO3. The van der Waals surface area contributed by atoms with Crippen LogP contribution in [0.25, 0.3) is 0 Å². The first-order chi connectivity index (χ1) is 14.6. The number of hydrogen-bond acceptors (Lipinski definition) is 3. The van der Waals surface area contributed by atoms with E-state index in [0.717, 1.165) is 23.8 Å². The molecule has 1 heterocycles. The molecular weight excluding hydrogens is 592 g/mol. The minimum atomic E-state index is -0.750. The van der Waals surface area contributed by atoms with Gasteiger partial charge in [-0.2, -0.15) is 0 Å². The fraction of sp³-hybridized carbons (Fsp3) is 0.500. The standard InChI is InChI=1S/C10H12BrFO.C6H3BrF2.C4H8O.C4H9O.K/c1-10(2,3)13-9-6-7(12)4-5-8(9)11;7-5-2-1-4(8)3-6(5)9;1-2-4-5-3-1;1-4(2,3)5;/h4-6H,1-3H3;1-3H;1-4H2;1-3H3;/q;;;-1;+1. The molecule has 2 aromatic carbocycles. The Hall–Kier alpha value is 0.546. The second-order valence-corrected chi connectivity index (χ2v) is 10.5. The first-order valence-electron chi connectivity index (χ1n) is 10.1. The van der Waals surface area contributed by atoms with Crippen molar-refractivity contribution in [2.24, 2.45) is 0 Å². The van der Waals surface area contributed by atoms with Gasteiger partial charge in [0, 0.05) is 25.3 Å². The summed E-state index contributed by atoms with van der Waals surface area (Å²) in [5.41, 5.74) is -1.06. The first-order valence-corrected chi connectivity index (χ1v) is 11.7. The quantitative estimate of drug-likeness (QED) is 0.349. The number of benzene rings is 2. The van der Waals surface area contributed by atoms with Crippen LogP contribution in [0.5, 0.6) is 5.75 Å². The Balaban J connectivity index is 0. The first kappa shape index (κ1) is 35.7. The Labute approximate surface area is 255 Å². The summed E-state index contributed by atoms with van der Waals surface area (Å²) in [5, 5.41) is 10.1. The molecule has 1 aliphatic rings. The van der Waals surface area contributed by atoms with E-state index in [1.54, 1.807) is 26.8 Å². The molecule has 1 fully saturated rings. The zero-order valence-corrected chi connectivity index (χ0v) is 26.7. The van der Waals surface area contributed by atoms with Gasteiger partial charge in [0.2, 0.25) is 0 Å². The van der Waals surface area contributed by atoms with E-state index >= 15 is 0 Å². The maximum Gasteiger partial charge on any atom is 1.00 e. The molecule has 2 aromatic rings. The summed E-state index contributed by atoms with van der Waals surface area (Å²) in [7, 11) is 0. The average Bonchev–Trinajstić information content (AvgIpc) is 3.19. The van der Waals surface area contributed by atoms with Crippen molar-refractivity contribution < 1.29 is 79.1 Å². The van der Waals surface area contributed by atoms with E-state index in [2.05, 4.69) is 31.9 Å². The molecule has 0 atom stereocenters. The number of halogens is 5. The van der Waals surface area contributed by atoms with E-state index in [4.69, 9.17) is 9.47 Å². The van der Waals surface area contributed by atoms with E-state index in [0.29, 0.717) is 5.75 Å². The van der Waals surface area contributed by atoms with Gasteiger partial charge in [0.15, 0.2) is 0 Å². The molecule has 9 heteroatoms. The van der Waals surface area contributed by atoms with E-state index in [1.807, 2.05) is 20.8 Å². The summed E-state index contributed by atoms with van der Waals surface area (Å²) in [4.78, 5) is 0. The van der Waals surface area contributed by atoms with Crippen LogP contribution in [0.15, 0.2) is 45.3 Å². The molecule has 0 unspecified atom stereocenters. The number of hydrogen-bond donors (Lipinski definition) is 0. The van der Waals surface area contributed by atoms with E-state index < -0.39 is 17.2 Å². The summed E-state index contributed by atoms with van der Waals surface area (Å²) < 4.78 is 48.7. The van der Waals surface area contributed by atoms with Gasteiger partial charge in [-0.25, -0.2) is 13.2 Å². The third-order valence-corrected chi connectivity index (χ3v) is 4.32. The molecule has 182 valence electrons. The van der Waals surface area contributed by atoms with Crippen LogP contribution >= 0.6 is 31.9 Å². The smallest absolute Gasteiger partial charge is 0.850 e. The van der Waals surface area contributed by atoms with E-state index in [-0.39, 0.29) is 67.3 Å². The zero-order valence-electron chi connectivity index (χ0n) is 20.4. The van der Waals surface area contributed by atoms with Crippen molar-refractivity contribution >= 4 is 31.9 Å². The zero-order chi connectivity index (χ0) is 24.9. The molecule has 3 rings (SSSR count). The summed E-state index contributed by atoms with van der Waals surface area (Å²) in [6.07, 6.45) is 2.56. The second kappa shape index (κ2) is 17.9. The summed E-state index contributed by atoms with van der Waals surface area (Å²) >= 11 is 6.18. The molecule has 0 spiro atoms. The number of ether oxygens (including phenoxy) is 2. The summed E-state index contributed by atoms with van der Waals surface area (Å²) in [6, 6.07) is 7.73. The van der Waals surface area contributed by atoms with Crippen molar-refractivity contribution in [1.82, 2.24) is 0 Å². The van der Waals surface area contributed by atoms with Crippen molar-refractivity contribution in [3.8, 4) is 5.75 Å². The van der Waals surface area contributed by atoms with Crippen molar-refractivity contribution in [3.05, 3.63) is 62.8 Å². The van der Waals surface area contributed by atoms with Gasteiger partial charge < -0.3 is 14.6 Å². The average molecular weight is 624 g/mol. The molecule has 33 heavy (non-hydrogen) atoms. The van der Waals surface area contributed by atoms with Crippen molar-refractivity contribution in [2.45, 2.75) is 65.6 Å². The van der Waals surface area contributed by atoms with Gasteiger partial charge in [0.05, 0.1) is 8.95 Å². The predicted octanol–water partition coefficient (Wildman–Crippen LogP) is 4.44. The van der Waals surface area contributed by atoms with E-state index in [1.165, 1.54) is 37.1 Å². The summed E-state index contributed by atoms with van der Waals surface area (Å²) in [6.45, 7) is 12.7. The molecule has 0 amide bonds. The van der Waals surface area contributed by atoms with Crippen molar-refractivity contribution in [2.75, 3.05) is 13.2 Å². The fourth-order valence-corrected chi connectivity index (χ4v) is 2.44. The van der Waals surface area contributed by atoms with Crippen LogP contribution in [-0.2, 0) is 4.74 Å². The molecule has 0 saturated carbocycles. The maximum absolute atomic E-state index is 12.8. The van der Waals surface area contributed by atoms with Crippen LogP contribution in [0.2, 0.25) is 0 Å². The molecule has 0 aliphatic carbocycles. The van der Waals surface area contributed by atoms with Gasteiger partial charge in [-0.15, -0.1) is 5.60 Å². The van der Waals surface area contributed by atoms with Crippen LogP contribution in [0.3, 0.4) is 0 Å². The molecule has 1 saturated heterocycles. The van der Waals surface area contributed by atoms with Crippen LogP contribution in [-0.4, -0.2) is 24.4 Å². The third-order valence-electron chi connectivity index (χ3n) is 3.02. The van der Waals surface area contributed by atoms with Gasteiger partial charge in [0.1, 0.15) is 28.8 Å². The Morgan fingerprint density at radius 3 is 1.58 bits per heavy atom. The molecule has 0 aromatic heterocycles. The molecule has 1 aliphatic heterocycles. The molecule has 0 radical (unpaired) electrons. The van der Waals surface area contributed by atoms with Gasteiger partial charge in [-0.3, -0.25) is 0 Å². The Morgan fingerprint density at radius 1 is 0.818 bits per heavy atom. The predicted molar refractivity (Wildman–Crippen MR) is 128 cm³/mol. The third kappa shape index (κ3) is 22.7. The van der Waals surface area contributed by atoms with Gasteiger partial charge >= 0.3 is 51.4 Å². The summed E-state index contributed by atoms with van der Waals surface area (Å²) in [5.74, 6) is -0.888. The Bertz CT molecular complexity index is 793. The van der Waals surface area contributed by atoms with Gasteiger partial charge in [0.25, 0.3) is 0 Å².